The van der Waals surface area contributed by atoms with E-state index in [1.165, 1.54) is 24.3 Å². The predicted molar refractivity (Wildman–Crippen MR) is 98.9 cm³/mol. The van der Waals surface area contributed by atoms with Gasteiger partial charge in [0.15, 0.2) is 23.3 Å². The lowest BCUT2D eigenvalue weighted by Gasteiger charge is -2.43. The quantitative estimate of drug-likeness (QED) is 0.127. The largest absolute Gasteiger partial charge is 0.271 e. The van der Waals surface area contributed by atoms with E-state index < -0.39 is 57.5 Å². The summed E-state index contributed by atoms with van der Waals surface area (Å²) in [5, 5.41) is -1.63. The molecule has 2 amide bonds. The molecule has 2 aromatic carbocycles. The molecule has 0 saturated carbocycles. The van der Waals surface area contributed by atoms with Crippen molar-refractivity contribution in [1.29, 1.82) is 0 Å². The lowest BCUT2D eigenvalue weighted by molar-refractivity contribution is 0.0776. The highest BCUT2D eigenvalue weighted by Crippen LogP contribution is 2.54. The molecule has 9 heteroatoms. The Morgan fingerprint density at radius 2 is 1.28 bits per heavy atom. The van der Waals surface area contributed by atoms with Gasteiger partial charge in [0.05, 0.1) is 21.8 Å². The van der Waals surface area contributed by atoms with E-state index in [9.17, 15) is 27.2 Å². The van der Waals surface area contributed by atoms with Crippen LogP contribution in [0, 0.1) is 23.3 Å². The highest BCUT2D eigenvalue weighted by atomic mass is 35.5. The van der Waals surface area contributed by atoms with Crippen molar-refractivity contribution in [3.8, 4) is 0 Å². The normalized spacial score (nSPS) is 26.9. The van der Waals surface area contributed by atoms with Gasteiger partial charge in [-0.1, -0.05) is 24.3 Å². The van der Waals surface area contributed by atoms with Crippen molar-refractivity contribution in [2.45, 2.75) is 22.5 Å². The van der Waals surface area contributed by atoms with Gasteiger partial charge in [-0.15, -0.1) is 11.6 Å². The number of carbonyl (C=O) groups excluding carboxylic acids is 2. The number of imide groups is 1. The number of rotatable bonds is 2. The summed E-state index contributed by atoms with van der Waals surface area (Å²) >= 11 is 7.29. The molecule has 4 atom stereocenters. The summed E-state index contributed by atoms with van der Waals surface area (Å²) in [6, 6.07) is 6.28. The summed E-state index contributed by atoms with van der Waals surface area (Å²) in [6.07, 6.45) is 3.05. The Kier molecular flexibility index (Phi) is 4.08. The van der Waals surface area contributed by atoms with E-state index in [1.54, 1.807) is 12.1 Å². The number of alkyl halides is 1. The van der Waals surface area contributed by atoms with Crippen LogP contribution >= 0.6 is 23.5 Å². The topological polar surface area (TPSA) is 37.4 Å². The molecule has 0 saturated heterocycles. The van der Waals surface area contributed by atoms with Crippen molar-refractivity contribution in [2.75, 3.05) is 0 Å². The van der Waals surface area contributed by atoms with Gasteiger partial charge in [-0.25, -0.2) is 21.9 Å². The number of carbonyl (C=O) groups is 2. The number of nitrogens with zero attached hydrogens (tertiary/aromatic N) is 1. The number of fused-ring (bicyclic) bond motifs is 2. The van der Waals surface area contributed by atoms with Crippen LogP contribution in [0.5, 0.6) is 0 Å². The second kappa shape index (κ2) is 6.34. The maximum absolute atomic E-state index is 14.5. The van der Waals surface area contributed by atoms with E-state index in [0.29, 0.717) is 0 Å². The highest BCUT2D eigenvalue weighted by Gasteiger charge is 2.50. The number of hydrogen-bond acceptors (Lipinski definition) is 3. The van der Waals surface area contributed by atoms with Gasteiger partial charge in [0.2, 0.25) is 0 Å². The number of halogens is 5. The molecule has 1 heterocycles. The van der Waals surface area contributed by atoms with Crippen LogP contribution in [0.2, 0.25) is 0 Å². The molecule has 0 aromatic heterocycles. The van der Waals surface area contributed by atoms with E-state index in [4.69, 9.17) is 11.6 Å². The van der Waals surface area contributed by atoms with Crippen molar-refractivity contribution in [3.63, 3.8) is 0 Å². The van der Waals surface area contributed by atoms with Crippen LogP contribution in [-0.4, -0.2) is 26.7 Å². The fraction of sp³-hybridized carbons (Fsp3) is 0.200. The summed E-state index contributed by atoms with van der Waals surface area (Å²) in [5.41, 5.74) is -0.162. The van der Waals surface area contributed by atoms with Gasteiger partial charge < -0.3 is 0 Å². The molecule has 0 unspecified atom stereocenters. The van der Waals surface area contributed by atoms with Crippen molar-refractivity contribution < 1.29 is 27.2 Å². The predicted octanol–water partition coefficient (Wildman–Crippen LogP) is 4.91. The molecular formula is C20H10ClF4NO2S. The summed E-state index contributed by atoms with van der Waals surface area (Å²) in [6.45, 7) is 0. The zero-order chi connectivity index (χ0) is 20.6. The molecule has 0 radical (unpaired) electrons. The molecule has 4 aliphatic rings. The first kappa shape index (κ1) is 18.7. The second-order valence-corrected chi connectivity index (χ2v) is 8.61. The minimum absolute atomic E-state index is 0.235. The fourth-order valence-corrected chi connectivity index (χ4v) is 5.98. The van der Waals surface area contributed by atoms with E-state index in [0.717, 1.165) is 16.3 Å². The molecule has 6 rings (SSSR count). The molecule has 0 N–H and O–H groups in total. The van der Waals surface area contributed by atoms with Crippen molar-refractivity contribution >= 4 is 35.4 Å². The Hall–Kier alpha value is -2.32. The number of hydrogen-bond donors (Lipinski definition) is 0. The number of benzene rings is 2. The monoisotopic (exact) mass is 439 g/mol. The van der Waals surface area contributed by atoms with Crippen LogP contribution in [-0.2, 0) is 0 Å². The molecule has 1 aliphatic heterocycles. The van der Waals surface area contributed by atoms with Gasteiger partial charge in [-0.3, -0.25) is 9.59 Å². The SMILES string of the molecule is O=C1c2ccccc2C(=O)N1S[C@H]1[C@@H](Cl)[C@@H]2C=C[C@@H]1c1c(F)c(F)c(F)c(F)c12. The first-order valence-electron chi connectivity index (χ1n) is 8.65. The van der Waals surface area contributed by atoms with Crippen LogP contribution in [0.3, 0.4) is 0 Å². The summed E-state index contributed by atoms with van der Waals surface area (Å²) in [5.74, 6) is -9.65. The standard InChI is InChI=1S/C20H10ClF4NO2S/c21-13-9-5-6-10(12-11(9)14(22)16(24)17(25)15(12)23)18(13)29-26-19(27)7-3-1-2-4-8(7)20(26)28/h1-6,9-10,13,18H/t9-,10-,13+,18-/m1/s1. The Morgan fingerprint density at radius 1 is 0.793 bits per heavy atom. The molecule has 0 spiro atoms. The molecule has 148 valence electrons. The molecule has 29 heavy (non-hydrogen) atoms. The first-order chi connectivity index (χ1) is 13.8. The van der Waals surface area contributed by atoms with Gasteiger partial charge in [0.1, 0.15) is 0 Å². The fourth-order valence-electron chi connectivity index (χ4n) is 4.20. The molecule has 2 aromatic rings. The Labute approximate surface area is 171 Å². The van der Waals surface area contributed by atoms with Crippen LogP contribution in [0.4, 0.5) is 17.6 Å². The van der Waals surface area contributed by atoms with Gasteiger partial charge in [0.25, 0.3) is 11.8 Å². The maximum atomic E-state index is 14.5. The van der Waals surface area contributed by atoms with E-state index >= 15 is 0 Å². The van der Waals surface area contributed by atoms with E-state index in [-0.39, 0.29) is 22.3 Å². The Morgan fingerprint density at radius 3 is 1.83 bits per heavy atom. The third kappa shape index (κ3) is 2.39. The zero-order valence-electron chi connectivity index (χ0n) is 14.3. The van der Waals surface area contributed by atoms with Gasteiger partial charge in [0, 0.05) is 23.0 Å². The average molecular weight is 440 g/mol. The van der Waals surface area contributed by atoms with Gasteiger partial charge in [-0.05, 0) is 24.1 Å². The second-order valence-electron chi connectivity index (χ2n) is 6.98. The van der Waals surface area contributed by atoms with Crippen molar-refractivity contribution in [2.24, 2.45) is 0 Å². The minimum Gasteiger partial charge on any atom is -0.268 e. The molecule has 3 nitrogen and oxygen atoms in total. The lowest BCUT2D eigenvalue weighted by Crippen LogP contribution is -2.43. The number of allylic oxidation sites excluding steroid dienone is 2. The van der Waals surface area contributed by atoms with Crippen LogP contribution in [0.15, 0.2) is 36.4 Å². The van der Waals surface area contributed by atoms with Crippen molar-refractivity contribution in [3.05, 3.63) is 81.9 Å². The average Bonchev–Trinajstić information content (AvgIpc) is 2.97. The lowest BCUT2D eigenvalue weighted by atomic mass is 9.70. The Balaban J connectivity index is 1.56. The molecule has 3 aliphatic carbocycles. The first-order valence-corrected chi connectivity index (χ1v) is 9.93. The van der Waals surface area contributed by atoms with E-state index in [1.807, 2.05) is 0 Å². The van der Waals surface area contributed by atoms with Crippen molar-refractivity contribution in [1.82, 2.24) is 4.31 Å². The molecule has 2 bridgehead atoms. The maximum Gasteiger partial charge on any atom is 0.271 e. The summed E-state index contributed by atoms with van der Waals surface area (Å²) < 4.78 is 57.5. The highest BCUT2D eigenvalue weighted by molar-refractivity contribution is 7.98. The van der Waals surface area contributed by atoms with Crippen LogP contribution < -0.4 is 0 Å². The van der Waals surface area contributed by atoms with Gasteiger partial charge >= 0.3 is 0 Å². The summed E-state index contributed by atoms with van der Waals surface area (Å²) in [7, 11) is 0. The third-order valence-electron chi connectivity index (χ3n) is 5.53. The third-order valence-corrected chi connectivity index (χ3v) is 7.59. The molecule has 0 fully saturated rings. The smallest absolute Gasteiger partial charge is 0.268 e. The summed E-state index contributed by atoms with van der Waals surface area (Å²) in [4.78, 5) is 25.3. The van der Waals surface area contributed by atoms with Crippen LogP contribution in [0.25, 0.3) is 0 Å². The zero-order valence-corrected chi connectivity index (χ0v) is 15.9. The van der Waals surface area contributed by atoms with Gasteiger partial charge in [-0.2, -0.15) is 0 Å². The Bertz CT molecular complexity index is 1100. The molecular weight excluding hydrogens is 430 g/mol. The minimum atomic E-state index is -1.89. The van der Waals surface area contributed by atoms with Crippen LogP contribution in [0.1, 0.15) is 43.7 Å². The van der Waals surface area contributed by atoms with E-state index in [2.05, 4.69) is 0 Å². The number of amides is 2.